The van der Waals surface area contributed by atoms with Gasteiger partial charge in [0.2, 0.25) is 0 Å². The summed E-state index contributed by atoms with van der Waals surface area (Å²) >= 11 is 0. The van der Waals surface area contributed by atoms with Crippen LogP contribution in [0.15, 0.2) is 135 Å². The third-order valence-corrected chi connectivity index (χ3v) is 11.1. The molecule has 0 spiro atoms. The van der Waals surface area contributed by atoms with Crippen LogP contribution in [-0.2, 0) is 6.42 Å². The molecule has 0 aliphatic heterocycles. The molecule has 0 aromatic heterocycles. The molecule has 0 amide bonds. The highest BCUT2D eigenvalue weighted by Gasteiger charge is 2.10. The van der Waals surface area contributed by atoms with Crippen LogP contribution in [-0.4, -0.2) is 10.2 Å². The van der Waals surface area contributed by atoms with E-state index in [1.807, 2.05) is 24.3 Å². The highest BCUT2D eigenvalue weighted by molar-refractivity contribution is 5.94. The zero-order valence-electron chi connectivity index (χ0n) is 38.0. The first-order valence-corrected chi connectivity index (χ1v) is 22.1. The highest BCUT2D eigenvalue weighted by atomic mass is 16.3. The Morgan fingerprint density at radius 2 is 0.667 bits per heavy atom. The molecule has 0 fully saturated rings. The number of allylic oxidation sites excluding steroid dienone is 18. The molecule has 0 atom stereocenters. The monoisotopic (exact) mass is 773 g/mol. The Bertz CT molecular complexity index is 1810. The van der Waals surface area contributed by atoms with Gasteiger partial charge < -0.3 is 10.2 Å². The lowest BCUT2D eigenvalue weighted by atomic mass is 10.00. The van der Waals surface area contributed by atoms with Crippen molar-refractivity contribution in [1.29, 1.82) is 0 Å². The van der Waals surface area contributed by atoms with E-state index in [1.165, 1.54) is 69.4 Å². The Morgan fingerprint density at radius 1 is 0.386 bits per heavy atom. The van der Waals surface area contributed by atoms with Gasteiger partial charge in [0.15, 0.2) is 0 Å². The van der Waals surface area contributed by atoms with Gasteiger partial charge in [-0.1, -0.05) is 129 Å². The van der Waals surface area contributed by atoms with E-state index >= 15 is 0 Å². The molecule has 57 heavy (non-hydrogen) atoms. The summed E-state index contributed by atoms with van der Waals surface area (Å²) < 4.78 is 0. The van der Waals surface area contributed by atoms with Crippen LogP contribution in [0.1, 0.15) is 178 Å². The number of hydrogen-bond acceptors (Lipinski definition) is 2. The van der Waals surface area contributed by atoms with Crippen LogP contribution in [0.4, 0.5) is 0 Å². The van der Waals surface area contributed by atoms with Gasteiger partial charge in [-0.05, 0) is 184 Å². The van der Waals surface area contributed by atoms with Gasteiger partial charge >= 0.3 is 0 Å². The van der Waals surface area contributed by atoms with Gasteiger partial charge in [-0.15, -0.1) is 0 Å². The van der Waals surface area contributed by atoms with Crippen LogP contribution >= 0.6 is 0 Å². The summed E-state index contributed by atoms with van der Waals surface area (Å²) in [6.45, 7) is 22.5. The van der Waals surface area contributed by atoms with Crippen LogP contribution in [0.2, 0.25) is 0 Å². The molecule has 0 radical (unpaired) electrons. The van der Waals surface area contributed by atoms with Crippen LogP contribution < -0.4 is 0 Å². The largest absolute Gasteiger partial charge is 0.507 e. The topological polar surface area (TPSA) is 40.5 Å². The fraction of sp³-hybridized carbons (Fsp3) is 0.491. The van der Waals surface area contributed by atoms with E-state index in [1.54, 1.807) is 6.07 Å². The number of phenols is 2. The fourth-order valence-electron chi connectivity index (χ4n) is 7.07. The Balaban J connectivity index is 1.59. The Hall–Kier alpha value is -4.04. The number of benzene rings is 2. The van der Waals surface area contributed by atoms with Gasteiger partial charge in [0.1, 0.15) is 11.5 Å². The summed E-state index contributed by atoms with van der Waals surface area (Å²) in [5.41, 5.74) is 14.0. The molecular formula is C55H80O2. The van der Waals surface area contributed by atoms with Crippen molar-refractivity contribution in [3.63, 3.8) is 0 Å². The molecule has 312 valence electrons. The summed E-state index contributed by atoms with van der Waals surface area (Å²) in [7, 11) is 0. The quantitative estimate of drug-likeness (QED) is 0.0738. The molecule has 0 unspecified atom stereocenters. The van der Waals surface area contributed by atoms with Gasteiger partial charge in [0, 0.05) is 16.3 Å². The normalized spacial score (nSPS) is 14.2. The fourth-order valence-corrected chi connectivity index (χ4v) is 7.07. The molecule has 0 saturated carbocycles. The summed E-state index contributed by atoms with van der Waals surface area (Å²) in [5, 5.41) is 22.5. The second-order valence-corrected chi connectivity index (χ2v) is 17.1. The molecule has 0 bridgehead atoms. The summed E-state index contributed by atoms with van der Waals surface area (Å²) in [4.78, 5) is 0. The van der Waals surface area contributed by atoms with Crippen molar-refractivity contribution < 1.29 is 10.2 Å². The van der Waals surface area contributed by atoms with Crippen LogP contribution in [0.3, 0.4) is 0 Å². The predicted molar refractivity (Wildman–Crippen MR) is 254 cm³/mol. The van der Waals surface area contributed by atoms with Crippen molar-refractivity contribution in [2.45, 2.75) is 178 Å². The first-order valence-electron chi connectivity index (χ1n) is 22.1. The van der Waals surface area contributed by atoms with Crippen LogP contribution in [0.5, 0.6) is 11.5 Å². The Labute approximate surface area is 350 Å². The molecule has 2 N–H and O–H groups in total. The molecule has 0 aliphatic rings. The van der Waals surface area contributed by atoms with Crippen molar-refractivity contribution >= 4 is 10.8 Å². The van der Waals surface area contributed by atoms with Gasteiger partial charge in [-0.25, -0.2) is 0 Å². The first kappa shape index (κ1) is 49.1. The average molecular weight is 773 g/mol. The number of phenolic OH excluding ortho intramolecular Hbond substituents is 2. The van der Waals surface area contributed by atoms with Crippen molar-refractivity contribution in [1.82, 2.24) is 0 Å². The van der Waals surface area contributed by atoms with Crippen LogP contribution in [0.25, 0.3) is 10.8 Å². The standard InChI is InChI=1S/C55H80O2/c1-42(2)21-13-22-43(3)23-14-24-44(4)25-15-26-45(5)27-16-28-46(6)29-17-30-47(7)31-18-32-48(8)33-19-34-49(9)35-20-36-50(10)39-40-51-41-54(56)52-37-11-12-38-53(52)55(51)57/h11-12,21,23,25,27,29,31,33,35,37-39,41,56-57H,13-20,22,24,26,28,30,32,34,36,40H2,1-10H3/b43-23+,44-25+,45-27+,46-29+,47-31+,48-33+,49-35+,50-39+. The summed E-state index contributed by atoms with van der Waals surface area (Å²) in [5.74, 6) is 0.486. The zero-order valence-corrected chi connectivity index (χ0v) is 38.0. The SMILES string of the molecule is CC(C)=CCC/C(C)=C/CC/C(C)=C/CC/C(C)=C/CC/C(C)=C/CC/C(C)=C/CC/C(C)=C/CC/C(C)=C/CC/C(C)=C/Cc1cc(O)c2ccccc2c1O. The Kier molecular flexibility index (Phi) is 24.4. The minimum atomic E-state index is 0.221. The maximum absolute atomic E-state index is 10.7. The minimum absolute atomic E-state index is 0.221. The lowest BCUT2D eigenvalue weighted by molar-refractivity contribution is 0.465. The van der Waals surface area contributed by atoms with Crippen molar-refractivity contribution in [3.8, 4) is 11.5 Å². The predicted octanol–water partition coefficient (Wildman–Crippen LogP) is 17.6. The molecule has 2 aromatic carbocycles. The molecule has 0 aliphatic carbocycles. The van der Waals surface area contributed by atoms with Gasteiger partial charge in [0.25, 0.3) is 0 Å². The molecule has 2 rings (SSSR count). The number of aromatic hydroxyl groups is 2. The molecule has 2 aromatic rings. The third kappa shape index (κ3) is 22.5. The van der Waals surface area contributed by atoms with Crippen molar-refractivity contribution in [2.24, 2.45) is 0 Å². The Morgan fingerprint density at radius 3 is 0.982 bits per heavy atom. The lowest BCUT2D eigenvalue weighted by Crippen LogP contribution is -1.88. The van der Waals surface area contributed by atoms with Crippen molar-refractivity contribution in [2.75, 3.05) is 0 Å². The average Bonchev–Trinajstić information content (AvgIpc) is 3.15. The third-order valence-electron chi connectivity index (χ3n) is 11.1. The molecule has 2 nitrogen and oxygen atoms in total. The highest BCUT2D eigenvalue weighted by Crippen LogP contribution is 2.35. The number of hydrogen-bond donors (Lipinski definition) is 2. The van der Waals surface area contributed by atoms with Gasteiger partial charge in [-0.2, -0.15) is 0 Å². The lowest BCUT2D eigenvalue weighted by Gasteiger charge is -2.09. The maximum atomic E-state index is 10.7. The molecule has 0 heterocycles. The molecule has 2 heteroatoms. The van der Waals surface area contributed by atoms with Crippen molar-refractivity contribution in [3.05, 3.63) is 141 Å². The van der Waals surface area contributed by atoms with E-state index in [0.29, 0.717) is 17.2 Å². The molecular weight excluding hydrogens is 693 g/mol. The van der Waals surface area contributed by atoms with E-state index < -0.39 is 0 Å². The van der Waals surface area contributed by atoms with Gasteiger partial charge in [-0.3, -0.25) is 0 Å². The van der Waals surface area contributed by atoms with Crippen LogP contribution in [0, 0.1) is 0 Å². The summed E-state index contributed by atoms with van der Waals surface area (Å²) in [6.07, 6.45) is 40.2. The summed E-state index contributed by atoms with van der Waals surface area (Å²) in [6, 6.07) is 9.14. The second kappa shape index (κ2) is 28.4. The number of fused-ring (bicyclic) bond motifs is 1. The van der Waals surface area contributed by atoms with E-state index in [4.69, 9.17) is 0 Å². The van der Waals surface area contributed by atoms with Gasteiger partial charge in [0.05, 0.1) is 0 Å². The number of rotatable bonds is 26. The molecule has 0 saturated heterocycles. The smallest absolute Gasteiger partial charge is 0.127 e. The van der Waals surface area contributed by atoms with E-state index in [2.05, 4.69) is 124 Å². The van der Waals surface area contributed by atoms with E-state index in [9.17, 15) is 10.2 Å². The van der Waals surface area contributed by atoms with E-state index in [-0.39, 0.29) is 11.5 Å². The minimum Gasteiger partial charge on any atom is -0.507 e. The van der Waals surface area contributed by atoms with E-state index in [0.717, 1.165) is 89.0 Å². The first-order chi connectivity index (χ1) is 27.2. The maximum Gasteiger partial charge on any atom is 0.127 e. The zero-order chi connectivity index (χ0) is 42.0. The second-order valence-electron chi connectivity index (χ2n) is 17.1.